The molecule has 0 N–H and O–H groups in total. The molecule has 3 aromatic carbocycles. The van der Waals surface area contributed by atoms with Gasteiger partial charge in [-0.3, -0.25) is 4.68 Å². The third kappa shape index (κ3) is 3.88. The Balaban J connectivity index is 1.63. The fraction of sp³-hybridized carbons (Fsp3) is 0.130. The van der Waals surface area contributed by atoms with Crippen molar-refractivity contribution in [1.82, 2.24) is 9.78 Å². The molecule has 0 radical (unpaired) electrons. The third-order valence-electron chi connectivity index (χ3n) is 4.45. The summed E-state index contributed by atoms with van der Waals surface area (Å²) < 4.78 is 7.90. The first-order chi connectivity index (χ1) is 13.8. The van der Waals surface area contributed by atoms with E-state index >= 15 is 0 Å². The topological polar surface area (TPSA) is 48.6 Å². The van der Waals surface area contributed by atoms with Gasteiger partial charge < -0.3 is 9.57 Å². The highest BCUT2D eigenvalue weighted by molar-refractivity contribution is 5.93. The van der Waals surface area contributed by atoms with E-state index in [-0.39, 0.29) is 0 Å². The highest BCUT2D eigenvalue weighted by atomic mass is 16.6. The van der Waals surface area contributed by atoms with Crippen LogP contribution in [0.5, 0.6) is 5.75 Å². The summed E-state index contributed by atoms with van der Waals surface area (Å²) in [5.74, 6) is 0.820. The summed E-state index contributed by atoms with van der Waals surface area (Å²) in [4.78, 5) is 4.76. The van der Waals surface area contributed by atoms with Crippen LogP contribution in [0.25, 0.3) is 22.2 Å². The second-order valence-electron chi connectivity index (χ2n) is 6.32. The minimum atomic E-state index is 0.535. The van der Waals surface area contributed by atoms with Crippen LogP contribution < -0.4 is 4.74 Å². The lowest BCUT2D eigenvalue weighted by molar-refractivity contribution is 0.214. The summed E-state index contributed by atoms with van der Waals surface area (Å²) in [5.41, 5.74) is 4.13. The Kier molecular flexibility index (Phi) is 5.33. The van der Waals surface area contributed by atoms with Crippen molar-refractivity contribution in [2.75, 3.05) is 7.11 Å². The first-order valence-corrected chi connectivity index (χ1v) is 9.13. The van der Waals surface area contributed by atoms with E-state index in [2.05, 4.69) is 35.5 Å². The van der Waals surface area contributed by atoms with Crippen molar-refractivity contribution < 1.29 is 9.57 Å². The van der Waals surface area contributed by atoms with Crippen molar-refractivity contribution in [3.8, 4) is 17.0 Å². The molecule has 0 saturated heterocycles. The van der Waals surface area contributed by atoms with Gasteiger partial charge in [0.15, 0.2) is 0 Å². The molecule has 0 fully saturated rings. The lowest BCUT2D eigenvalue weighted by Gasteiger charge is -2.07. The quantitative estimate of drug-likeness (QED) is 0.342. The number of ether oxygens (including phenoxy) is 1. The van der Waals surface area contributed by atoms with Crippen molar-refractivity contribution >= 4 is 17.1 Å². The molecule has 4 aromatic rings. The summed E-state index contributed by atoms with van der Waals surface area (Å²) in [7, 11) is 1.53. The van der Waals surface area contributed by atoms with Gasteiger partial charge in [0.05, 0.1) is 18.3 Å². The Labute approximate surface area is 163 Å². The monoisotopic (exact) mass is 371 g/mol. The molecule has 0 amide bonds. The molecule has 1 heterocycles. The van der Waals surface area contributed by atoms with Crippen LogP contribution in [0.15, 0.2) is 84.0 Å². The van der Waals surface area contributed by atoms with Gasteiger partial charge in [0.2, 0.25) is 0 Å². The molecule has 5 nitrogen and oxygen atoms in total. The minimum Gasteiger partial charge on any atom is -0.489 e. The fourth-order valence-electron chi connectivity index (χ4n) is 3.14. The molecule has 0 spiro atoms. The zero-order valence-electron chi connectivity index (χ0n) is 15.7. The summed E-state index contributed by atoms with van der Waals surface area (Å²) in [6, 6.07) is 26.4. The predicted molar refractivity (Wildman–Crippen MR) is 111 cm³/mol. The molecule has 1 aromatic heterocycles. The number of aromatic nitrogens is 2. The molecule has 5 heteroatoms. The van der Waals surface area contributed by atoms with E-state index in [0.29, 0.717) is 13.2 Å². The molecule has 0 aliphatic heterocycles. The van der Waals surface area contributed by atoms with E-state index in [1.807, 2.05) is 53.2 Å². The second-order valence-corrected chi connectivity index (χ2v) is 6.32. The average Bonchev–Trinajstić information content (AvgIpc) is 3.12. The molecule has 140 valence electrons. The summed E-state index contributed by atoms with van der Waals surface area (Å²) in [5, 5.41) is 9.71. The highest BCUT2D eigenvalue weighted by Crippen LogP contribution is 2.30. The molecule has 0 unspecified atom stereocenters. The lowest BCUT2D eigenvalue weighted by atomic mass is 10.1. The SMILES string of the molecule is CON=CCn1nc(-c2cccc(OCc3ccccc3)c2)c2ccccc21. The van der Waals surface area contributed by atoms with E-state index in [4.69, 9.17) is 14.7 Å². The van der Waals surface area contributed by atoms with E-state index in [9.17, 15) is 0 Å². The van der Waals surface area contributed by atoms with Crippen LogP contribution in [0.2, 0.25) is 0 Å². The van der Waals surface area contributed by atoms with Gasteiger partial charge in [-0.25, -0.2) is 0 Å². The largest absolute Gasteiger partial charge is 0.489 e. The van der Waals surface area contributed by atoms with Crippen LogP contribution in [-0.4, -0.2) is 23.1 Å². The first-order valence-electron chi connectivity index (χ1n) is 9.13. The van der Waals surface area contributed by atoms with Crippen molar-refractivity contribution in [3.63, 3.8) is 0 Å². The molecule has 0 atom stereocenters. The molecular formula is C23H21N3O2. The summed E-state index contributed by atoms with van der Waals surface area (Å²) in [6.45, 7) is 1.07. The Morgan fingerprint density at radius 1 is 0.964 bits per heavy atom. The van der Waals surface area contributed by atoms with Crippen molar-refractivity contribution in [1.29, 1.82) is 0 Å². The standard InChI is InChI=1S/C23H21N3O2/c1-27-24-14-15-26-22-13-6-5-12-21(22)23(25-26)19-10-7-11-20(16-19)28-17-18-8-3-2-4-9-18/h2-14,16H,15,17H2,1H3. The Morgan fingerprint density at radius 3 is 2.64 bits per heavy atom. The smallest absolute Gasteiger partial charge is 0.120 e. The predicted octanol–water partition coefficient (Wildman–Crippen LogP) is 4.91. The van der Waals surface area contributed by atoms with E-state index in [0.717, 1.165) is 33.5 Å². The molecular weight excluding hydrogens is 350 g/mol. The maximum absolute atomic E-state index is 5.98. The number of benzene rings is 3. The van der Waals surface area contributed by atoms with Crippen LogP contribution in [0.1, 0.15) is 5.56 Å². The van der Waals surface area contributed by atoms with Crippen LogP contribution in [0.4, 0.5) is 0 Å². The Bertz CT molecular complexity index is 1090. The first kappa shape index (κ1) is 17.8. The van der Waals surface area contributed by atoms with Crippen LogP contribution in [0.3, 0.4) is 0 Å². The minimum absolute atomic E-state index is 0.535. The van der Waals surface area contributed by atoms with Crippen LogP contribution >= 0.6 is 0 Å². The number of fused-ring (bicyclic) bond motifs is 1. The molecule has 0 aliphatic carbocycles. The number of hydrogen-bond acceptors (Lipinski definition) is 4. The number of rotatable bonds is 7. The van der Waals surface area contributed by atoms with E-state index < -0.39 is 0 Å². The summed E-state index contributed by atoms with van der Waals surface area (Å²) in [6.07, 6.45) is 1.70. The summed E-state index contributed by atoms with van der Waals surface area (Å²) >= 11 is 0. The fourth-order valence-corrected chi connectivity index (χ4v) is 3.14. The molecule has 0 bridgehead atoms. The van der Waals surface area contributed by atoms with Gasteiger partial charge in [0.1, 0.15) is 25.2 Å². The number of para-hydroxylation sites is 1. The third-order valence-corrected chi connectivity index (χ3v) is 4.45. The molecule has 28 heavy (non-hydrogen) atoms. The molecule has 0 saturated carbocycles. The maximum atomic E-state index is 5.98. The maximum Gasteiger partial charge on any atom is 0.120 e. The second kappa shape index (κ2) is 8.39. The lowest BCUT2D eigenvalue weighted by Crippen LogP contribution is -2.01. The zero-order valence-corrected chi connectivity index (χ0v) is 15.7. The van der Waals surface area contributed by atoms with Gasteiger partial charge in [-0.2, -0.15) is 5.10 Å². The van der Waals surface area contributed by atoms with Gasteiger partial charge in [0, 0.05) is 10.9 Å². The number of oxime groups is 1. The van der Waals surface area contributed by atoms with Crippen molar-refractivity contribution in [2.24, 2.45) is 5.16 Å². The Morgan fingerprint density at radius 2 is 1.79 bits per heavy atom. The van der Waals surface area contributed by atoms with Crippen LogP contribution in [-0.2, 0) is 18.0 Å². The van der Waals surface area contributed by atoms with E-state index in [1.165, 1.54) is 7.11 Å². The van der Waals surface area contributed by atoms with Crippen molar-refractivity contribution in [2.45, 2.75) is 13.2 Å². The van der Waals surface area contributed by atoms with Crippen LogP contribution in [0, 0.1) is 0 Å². The van der Waals surface area contributed by atoms with Gasteiger partial charge in [-0.1, -0.05) is 65.8 Å². The van der Waals surface area contributed by atoms with E-state index in [1.54, 1.807) is 6.21 Å². The van der Waals surface area contributed by atoms with Gasteiger partial charge >= 0.3 is 0 Å². The van der Waals surface area contributed by atoms with Gasteiger partial charge in [-0.05, 0) is 23.8 Å². The normalized spacial score (nSPS) is 11.2. The van der Waals surface area contributed by atoms with Gasteiger partial charge in [0.25, 0.3) is 0 Å². The molecule has 4 rings (SSSR count). The number of nitrogens with zero attached hydrogens (tertiary/aromatic N) is 3. The number of hydrogen-bond donors (Lipinski definition) is 0. The zero-order chi connectivity index (χ0) is 19.2. The van der Waals surface area contributed by atoms with Gasteiger partial charge in [-0.15, -0.1) is 0 Å². The average molecular weight is 371 g/mol. The van der Waals surface area contributed by atoms with Crippen molar-refractivity contribution in [3.05, 3.63) is 84.4 Å². The highest BCUT2D eigenvalue weighted by Gasteiger charge is 2.12. The molecule has 0 aliphatic rings. The Hall–Kier alpha value is -3.60.